The number of ether oxygens (including phenoxy) is 2. The van der Waals surface area contributed by atoms with Gasteiger partial charge in [0.2, 0.25) is 5.16 Å². The van der Waals surface area contributed by atoms with Gasteiger partial charge < -0.3 is 9.47 Å². The molecule has 0 saturated heterocycles. The number of rotatable bonds is 5. The summed E-state index contributed by atoms with van der Waals surface area (Å²) in [6, 6.07) is 9.93. The number of halogens is 2. The predicted molar refractivity (Wildman–Crippen MR) is 102 cm³/mol. The lowest BCUT2D eigenvalue weighted by Crippen LogP contribution is -2.46. The maximum atomic E-state index is 14.1. The molecular formula is C19H16F2N4O3S. The van der Waals surface area contributed by atoms with Gasteiger partial charge >= 0.3 is 0 Å². The van der Waals surface area contributed by atoms with Gasteiger partial charge in [-0.1, -0.05) is 17.8 Å². The van der Waals surface area contributed by atoms with Crippen molar-refractivity contribution in [3.05, 3.63) is 65.5 Å². The van der Waals surface area contributed by atoms with Crippen LogP contribution in [0, 0.1) is 11.6 Å². The predicted octanol–water partition coefficient (Wildman–Crippen LogP) is 3.03. The Balaban J connectivity index is 1.60. The molecule has 0 unspecified atom stereocenters. The molecule has 0 radical (unpaired) electrons. The molecule has 1 aliphatic rings. The second-order valence-corrected chi connectivity index (χ2v) is 7.14. The fraction of sp³-hybridized carbons (Fsp3) is 0.211. The molecule has 2 heterocycles. The molecular weight excluding hydrogens is 402 g/mol. The SMILES string of the molecule is COc1cccc(OCc2nnc3n2N(C(=O)c2ccc(F)cc2F)CCS3)c1. The van der Waals surface area contributed by atoms with Gasteiger partial charge in [-0.15, -0.1) is 10.2 Å². The van der Waals surface area contributed by atoms with Crippen LogP contribution in [0.2, 0.25) is 0 Å². The van der Waals surface area contributed by atoms with Gasteiger partial charge in [0.15, 0.2) is 5.82 Å². The summed E-state index contributed by atoms with van der Waals surface area (Å²) in [4.78, 5) is 12.9. The van der Waals surface area contributed by atoms with E-state index < -0.39 is 17.5 Å². The van der Waals surface area contributed by atoms with E-state index in [1.54, 1.807) is 31.4 Å². The summed E-state index contributed by atoms with van der Waals surface area (Å²) in [5.74, 6) is -0.110. The number of amides is 1. The Hall–Kier alpha value is -3.14. The molecule has 0 aliphatic carbocycles. The van der Waals surface area contributed by atoms with Gasteiger partial charge in [-0.2, -0.15) is 0 Å². The van der Waals surface area contributed by atoms with Gasteiger partial charge in [-0.3, -0.25) is 4.79 Å². The van der Waals surface area contributed by atoms with Gasteiger partial charge in [0, 0.05) is 17.9 Å². The zero-order valence-corrected chi connectivity index (χ0v) is 16.2. The van der Waals surface area contributed by atoms with Crippen molar-refractivity contribution < 1.29 is 23.0 Å². The van der Waals surface area contributed by atoms with E-state index in [2.05, 4.69) is 10.2 Å². The second kappa shape index (κ2) is 8.08. The second-order valence-electron chi connectivity index (χ2n) is 6.08. The molecule has 0 atom stereocenters. The van der Waals surface area contributed by atoms with Crippen LogP contribution in [-0.4, -0.2) is 40.2 Å². The Labute approximate surface area is 169 Å². The number of aromatic nitrogens is 3. The topological polar surface area (TPSA) is 69.5 Å². The molecule has 2 aromatic carbocycles. The average molecular weight is 418 g/mol. The van der Waals surface area contributed by atoms with Crippen molar-refractivity contribution in [2.24, 2.45) is 0 Å². The van der Waals surface area contributed by atoms with Gasteiger partial charge in [0.05, 0.1) is 19.2 Å². The van der Waals surface area contributed by atoms with Crippen LogP contribution < -0.4 is 14.5 Å². The molecule has 3 aromatic rings. The maximum absolute atomic E-state index is 14.1. The molecule has 1 amide bonds. The number of thioether (sulfide) groups is 1. The van der Waals surface area contributed by atoms with Crippen LogP contribution in [-0.2, 0) is 6.61 Å². The third-order valence-corrected chi connectivity index (χ3v) is 5.16. The van der Waals surface area contributed by atoms with Crippen LogP contribution in [0.5, 0.6) is 11.5 Å². The quantitative estimate of drug-likeness (QED) is 0.635. The highest BCUT2D eigenvalue weighted by Crippen LogP contribution is 2.25. The Morgan fingerprint density at radius 1 is 1.17 bits per heavy atom. The fourth-order valence-electron chi connectivity index (χ4n) is 2.87. The Morgan fingerprint density at radius 2 is 2.00 bits per heavy atom. The minimum absolute atomic E-state index is 0.0381. The number of methoxy groups -OCH3 is 1. The van der Waals surface area contributed by atoms with Crippen LogP contribution >= 0.6 is 11.8 Å². The van der Waals surface area contributed by atoms with Crippen molar-refractivity contribution in [2.45, 2.75) is 11.8 Å². The molecule has 0 bridgehead atoms. The molecule has 0 saturated carbocycles. The maximum Gasteiger partial charge on any atom is 0.275 e. The van der Waals surface area contributed by atoms with Crippen molar-refractivity contribution in [1.29, 1.82) is 0 Å². The summed E-state index contributed by atoms with van der Waals surface area (Å²) in [6.45, 7) is 0.355. The van der Waals surface area contributed by atoms with Crippen LogP contribution in [0.15, 0.2) is 47.6 Å². The summed E-state index contributed by atoms with van der Waals surface area (Å²) >= 11 is 1.43. The van der Waals surface area contributed by atoms with Crippen molar-refractivity contribution in [3.8, 4) is 11.5 Å². The molecule has 10 heteroatoms. The monoisotopic (exact) mass is 418 g/mol. The smallest absolute Gasteiger partial charge is 0.275 e. The Kier molecular flexibility index (Phi) is 5.34. The number of fused-ring (bicyclic) bond motifs is 1. The van der Waals surface area contributed by atoms with E-state index in [0.29, 0.717) is 40.8 Å². The lowest BCUT2D eigenvalue weighted by molar-refractivity contribution is 0.0948. The minimum atomic E-state index is -0.919. The zero-order valence-electron chi connectivity index (χ0n) is 15.3. The van der Waals surface area contributed by atoms with E-state index in [9.17, 15) is 13.6 Å². The summed E-state index contributed by atoms with van der Waals surface area (Å²) in [6.07, 6.45) is 0. The largest absolute Gasteiger partial charge is 0.497 e. The third kappa shape index (κ3) is 3.88. The number of hydrogen-bond donors (Lipinski definition) is 0. The summed E-state index contributed by atoms with van der Waals surface area (Å²) in [5.41, 5.74) is -0.224. The van der Waals surface area contributed by atoms with Crippen molar-refractivity contribution >= 4 is 17.7 Å². The lowest BCUT2D eigenvalue weighted by atomic mass is 10.2. The molecule has 7 nitrogen and oxygen atoms in total. The first-order chi connectivity index (χ1) is 14.1. The molecule has 29 heavy (non-hydrogen) atoms. The average Bonchev–Trinajstić information content (AvgIpc) is 3.15. The fourth-order valence-corrected chi connectivity index (χ4v) is 3.75. The normalized spacial score (nSPS) is 13.1. The highest BCUT2D eigenvalue weighted by atomic mass is 32.2. The number of hydrogen-bond acceptors (Lipinski definition) is 6. The van der Waals surface area contributed by atoms with Gasteiger partial charge in [0.25, 0.3) is 5.91 Å². The van der Waals surface area contributed by atoms with Crippen molar-refractivity contribution in [1.82, 2.24) is 14.9 Å². The van der Waals surface area contributed by atoms with Crippen LogP contribution in [0.25, 0.3) is 0 Å². The summed E-state index contributed by atoms with van der Waals surface area (Å²) in [7, 11) is 1.56. The first-order valence-corrected chi connectivity index (χ1v) is 9.66. The minimum Gasteiger partial charge on any atom is -0.497 e. The number of benzene rings is 2. The van der Waals surface area contributed by atoms with Crippen LogP contribution in [0.1, 0.15) is 16.2 Å². The summed E-state index contributed by atoms with van der Waals surface area (Å²) in [5, 5.41) is 10.0. The summed E-state index contributed by atoms with van der Waals surface area (Å²) < 4.78 is 39.8. The Morgan fingerprint density at radius 3 is 2.79 bits per heavy atom. The molecule has 0 spiro atoms. The number of nitrogens with zero attached hydrogens (tertiary/aromatic N) is 4. The Bertz CT molecular complexity index is 1060. The number of carbonyl (C=O) groups is 1. The molecule has 150 valence electrons. The van der Waals surface area contributed by atoms with E-state index in [4.69, 9.17) is 9.47 Å². The standard InChI is InChI=1S/C19H16F2N4O3S/c1-27-13-3-2-4-14(10-13)28-11-17-22-23-19-25(17)24(7-8-29-19)18(26)15-6-5-12(20)9-16(15)21/h2-6,9-10H,7-8,11H2,1H3. The first-order valence-electron chi connectivity index (χ1n) is 8.68. The molecule has 4 rings (SSSR count). The lowest BCUT2D eigenvalue weighted by Gasteiger charge is -2.29. The molecule has 0 N–H and O–H groups in total. The van der Waals surface area contributed by atoms with Gasteiger partial charge in [0.1, 0.15) is 29.7 Å². The van der Waals surface area contributed by atoms with E-state index in [0.717, 1.165) is 12.1 Å². The molecule has 1 aromatic heterocycles. The zero-order chi connectivity index (χ0) is 20.4. The van der Waals surface area contributed by atoms with Gasteiger partial charge in [-0.05, 0) is 24.3 Å². The van der Waals surface area contributed by atoms with E-state index in [-0.39, 0.29) is 12.2 Å². The molecule has 1 aliphatic heterocycles. The van der Waals surface area contributed by atoms with Crippen molar-refractivity contribution in [2.75, 3.05) is 24.4 Å². The van der Waals surface area contributed by atoms with E-state index in [1.807, 2.05) is 0 Å². The van der Waals surface area contributed by atoms with Gasteiger partial charge in [-0.25, -0.2) is 18.5 Å². The van der Waals surface area contributed by atoms with Crippen molar-refractivity contribution in [3.63, 3.8) is 0 Å². The highest BCUT2D eigenvalue weighted by Gasteiger charge is 2.29. The third-order valence-electron chi connectivity index (χ3n) is 4.26. The number of carbonyl (C=O) groups excluding carboxylic acids is 1. The molecule has 0 fully saturated rings. The van der Waals surface area contributed by atoms with Crippen LogP contribution in [0.3, 0.4) is 0 Å². The first kappa shape index (κ1) is 19.2. The highest BCUT2D eigenvalue weighted by molar-refractivity contribution is 7.99. The van der Waals surface area contributed by atoms with E-state index in [1.165, 1.54) is 21.4 Å². The van der Waals surface area contributed by atoms with E-state index >= 15 is 0 Å². The van der Waals surface area contributed by atoms with Crippen LogP contribution in [0.4, 0.5) is 8.78 Å².